The predicted octanol–water partition coefficient (Wildman–Crippen LogP) is 2.01. The molecule has 0 spiro atoms. The van der Waals surface area contributed by atoms with E-state index in [0.29, 0.717) is 56.2 Å². The number of aryl methyl sites for hydroxylation is 1. The molecule has 2 fully saturated rings. The monoisotopic (exact) mass is 359 g/mol. The van der Waals surface area contributed by atoms with Gasteiger partial charge in [0.2, 0.25) is 17.5 Å². The molecule has 0 radical (unpaired) electrons. The van der Waals surface area contributed by atoms with E-state index in [1.54, 1.807) is 6.92 Å². The minimum Gasteiger partial charge on any atom is -0.424 e. The van der Waals surface area contributed by atoms with Crippen molar-refractivity contribution in [1.82, 2.24) is 14.8 Å². The third-order valence-corrected chi connectivity index (χ3v) is 5.74. The summed E-state index contributed by atoms with van der Waals surface area (Å²) in [5.41, 5.74) is 0.327. The first kappa shape index (κ1) is 18.7. The molecule has 0 atom stereocenters. The molecule has 1 amide bonds. The molecule has 1 aromatic rings. The van der Waals surface area contributed by atoms with Gasteiger partial charge in [-0.25, -0.2) is 4.98 Å². The second kappa shape index (κ2) is 8.09. The summed E-state index contributed by atoms with van der Waals surface area (Å²) in [5.74, 6) is 2.05. The predicted molar refractivity (Wildman–Crippen MR) is 98.8 cm³/mol. The minimum absolute atomic E-state index is 0.194. The summed E-state index contributed by atoms with van der Waals surface area (Å²) < 4.78 is 5.57. The van der Waals surface area contributed by atoms with Gasteiger partial charge in [0.05, 0.1) is 6.54 Å². The topological polar surface area (TPSA) is 76.6 Å². The summed E-state index contributed by atoms with van der Waals surface area (Å²) in [6, 6.07) is 2.61. The maximum atomic E-state index is 12.7. The van der Waals surface area contributed by atoms with Gasteiger partial charge in [-0.3, -0.25) is 9.69 Å². The zero-order valence-corrected chi connectivity index (χ0v) is 16.1. The number of nitrogens with zero attached hydrogens (tertiary/aromatic N) is 5. The SMILES string of the molecule is Cc1nc(C#N)c(N2CCN(C(=O)CN(C)C3CCC(C)CC3)CC2)o1. The van der Waals surface area contributed by atoms with Gasteiger partial charge < -0.3 is 14.2 Å². The van der Waals surface area contributed by atoms with Gasteiger partial charge >= 0.3 is 0 Å². The van der Waals surface area contributed by atoms with Crippen LogP contribution in [0.4, 0.5) is 5.88 Å². The molecule has 0 aromatic carbocycles. The molecule has 1 aliphatic heterocycles. The molecule has 2 heterocycles. The number of carbonyl (C=O) groups excluding carboxylic acids is 1. The van der Waals surface area contributed by atoms with Gasteiger partial charge in [-0.1, -0.05) is 6.92 Å². The van der Waals surface area contributed by atoms with Gasteiger partial charge in [-0.15, -0.1) is 0 Å². The smallest absolute Gasteiger partial charge is 0.236 e. The normalized spacial score (nSPS) is 24.0. The van der Waals surface area contributed by atoms with Crippen LogP contribution >= 0.6 is 0 Å². The van der Waals surface area contributed by atoms with Gasteiger partial charge in [0.15, 0.2) is 5.89 Å². The Balaban J connectivity index is 1.50. The third-order valence-electron chi connectivity index (χ3n) is 5.74. The molecule has 7 heteroatoms. The second-order valence-electron chi connectivity index (χ2n) is 7.70. The molecule has 1 aliphatic carbocycles. The van der Waals surface area contributed by atoms with E-state index in [4.69, 9.17) is 4.42 Å². The van der Waals surface area contributed by atoms with E-state index >= 15 is 0 Å². The number of piperazine rings is 1. The van der Waals surface area contributed by atoms with Crippen molar-refractivity contribution in [1.29, 1.82) is 5.26 Å². The van der Waals surface area contributed by atoms with Crippen LogP contribution < -0.4 is 4.90 Å². The lowest BCUT2D eigenvalue weighted by atomic mass is 9.87. The minimum atomic E-state index is 0.194. The third kappa shape index (κ3) is 4.18. The van der Waals surface area contributed by atoms with Crippen molar-refractivity contribution in [2.24, 2.45) is 5.92 Å². The van der Waals surface area contributed by atoms with Crippen molar-refractivity contribution in [3.63, 3.8) is 0 Å². The molecule has 3 rings (SSSR count). The van der Waals surface area contributed by atoms with Crippen molar-refractivity contribution < 1.29 is 9.21 Å². The molecule has 2 aliphatic rings. The van der Waals surface area contributed by atoms with Crippen LogP contribution in [-0.4, -0.2) is 66.5 Å². The molecular formula is C19H29N5O2. The number of carbonyl (C=O) groups is 1. The number of likely N-dealkylation sites (N-methyl/N-ethyl adjacent to an activating group) is 1. The quantitative estimate of drug-likeness (QED) is 0.818. The van der Waals surface area contributed by atoms with E-state index in [9.17, 15) is 10.1 Å². The van der Waals surface area contributed by atoms with Gasteiger partial charge in [-0.2, -0.15) is 5.26 Å². The van der Waals surface area contributed by atoms with Crippen molar-refractivity contribution in [2.75, 3.05) is 44.7 Å². The fourth-order valence-electron chi connectivity index (χ4n) is 3.99. The first-order valence-corrected chi connectivity index (χ1v) is 9.58. The van der Waals surface area contributed by atoms with Crippen molar-refractivity contribution in [2.45, 2.75) is 45.6 Å². The lowest BCUT2D eigenvalue weighted by Crippen LogP contribution is -2.52. The first-order valence-electron chi connectivity index (χ1n) is 9.58. The van der Waals surface area contributed by atoms with E-state index in [1.165, 1.54) is 25.7 Å². The highest BCUT2D eigenvalue weighted by molar-refractivity contribution is 5.78. The van der Waals surface area contributed by atoms with Crippen LogP contribution in [0.5, 0.6) is 0 Å². The van der Waals surface area contributed by atoms with Crippen LogP contribution in [0.2, 0.25) is 0 Å². The number of nitriles is 1. The highest BCUT2D eigenvalue weighted by atomic mass is 16.4. The van der Waals surface area contributed by atoms with Crippen LogP contribution in [0.25, 0.3) is 0 Å². The van der Waals surface area contributed by atoms with E-state index in [0.717, 1.165) is 5.92 Å². The van der Waals surface area contributed by atoms with Crippen LogP contribution in [0.15, 0.2) is 4.42 Å². The standard InChI is InChI=1S/C19H29N5O2/c1-14-4-6-16(7-5-14)22(3)13-18(25)23-8-10-24(11-9-23)19-17(12-20)21-15(2)26-19/h14,16H,4-11,13H2,1-3H3. The number of aromatic nitrogens is 1. The van der Waals surface area contributed by atoms with E-state index in [1.807, 2.05) is 9.80 Å². The molecule has 1 saturated heterocycles. The molecular weight excluding hydrogens is 330 g/mol. The average Bonchev–Trinajstić information content (AvgIpc) is 3.03. The summed E-state index contributed by atoms with van der Waals surface area (Å²) in [7, 11) is 2.07. The molecule has 1 aromatic heterocycles. The Labute approximate surface area is 155 Å². The fourth-order valence-corrected chi connectivity index (χ4v) is 3.99. The Kier molecular flexibility index (Phi) is 5.82. The Morgan fingerprint density at radius 1 is 1.27 bits per heavy atom. The van der Waals surface area contributed by atoms with E-state index in [-0.39, 0.29) is 5.91 Å². The van der Waals surface area contributed by atoms with Crippen LogP contribution in [0, 0.1) is 24.2 Å². The number of rotatable bonds is 4. The largest absolute Gasteiger partial charge is 0.424 e. The highest BCUT2D eigenvalue weighted by Crippen LogP contribution is 2.26. The van der Waals surface area contributed by atoms with E-state index < -0.39 is 0 Å². The molecule has 7 nitrogen and oxygen atoms in total. The number of amides is 1. The van der Waals surface area contributed by atoms with Crippen LogP contribution in [-0.2, 0) is 4.79 Å². The maximum absolute atomic E-state index is 12.7. The van der Waals surface area contributed by atoms with Crippen LogP contribution in [0.1, 0.15) is 44.2 Å². The highest BCUT2D eigenvalue weighted by Gasteiger charge is 2.28. The molecule has 0 unspecified atom stereocenters. The van der Waals surface area contributed by atoms with E-state index in [2.05, 4.69) is 29.9 Å². The van der Waals surface area contributed by atoms with Gasteiger partial charge in [0.25, 0.3) is 0 Å². The Hall–Kier alpha value is -2.07. The zero-order valence-electron chi connectivity index (χ0n) is 16.1. The number of hydrogen-bond acceptors (Lipinski definition) is 6. The lowest BCUT2D eigenvalue weighted by molar-refractivity contribution is -0.133. The van der Waals surface area contributed by atoms with Crippen molar-refractivity contribution in [3.05, 3.63) is 11.6 Å². The molecule has 0 N–H and O–H groups in total. The second-order valence-corrected chi connectivity index (χ2v) is 7.70. The Morgan fingerprint density at radius 3 is 2.54 bits per heavy atom. The summed E-state index contributed by atoms with van der Waals surface area (Å²) in [5, 5.41) is 9.17. The average molecular weight is 359 g/mol. The number of hydrogen-bond donors (Lipinski definition) is 0. The van der Waals surface area contributed by atoms with Crippen molar-refractivity contribution >= 4 is 11.8 Å². The summed E-state index contributed by atoms with van der Waals surface area (Å²) in [6.07, 6.45) is 4.92. The first-order chi connectivity index (χ1) is 12.5. The Morgan fingerprint density at radius 2 is 1.92 bits per heavy atom. The molecule has 1 saturated carbocycles. The molecule has 142 valence electrons. The van der Waals surface area contributed by atoms with Gasteiger partial charge in [-0.05, 0) is 38.6 Å². The Bertz CT molecular complexity index is 664. The summed E-state index contributed by atoms with van der Waals surface area (Å²) in [4.78, 5) is 22.9. The zero-order chi connectivity index (χ0) is 18.7. The van der Waals surface area contributed by atoms with Gasteiger partial charge in [0.1, 0.15) is 6.07 Å². The summed E-state index contributed by atoms with van der Waals surface area (Å²) in [6.45, 7) is 7.18. The molecule has 26 heavy (non-hydrogen) atoms. The van der Waals surface area contributed by atoms with Crippen molar-refractivity contribution in [3.8, 4) is 6.07 Å². The molecule has 0 bridgehead atoms. The summed E-state index contributed by atoms with van der Waals surface area (Å²) >= 11 is 0. The maximum Gasteiger partial charge on any atom is 0.236 e. The number of anilines is 1. The lowest BCUT2D eigenvalue weighted by Gasteiger charge is -2.37. The van der Waals surface area contributed by atoms with Gasteiger partial charge in [0, 0.05) is 39.1 Å². The van der Waals surface area contributed by atoms with Crippen LogP contribution in [0.3, 0.4) is 0 Å². The fraction of sp³-hybridized carbons (Fsp3) is 0.737. The number of oxazole rings is 1.